The maximum Gasteiger partial charge on any atom is 0.315 e. The highest BCUT2D eigenvalue weighted by Crippen LogP contribution is 2.30. The van der Waals surface area contributed by atoms with Crippen molar-refractivity contribution in [2.45, 2.75) is 45.3 Å². The van der Waals surface area contributed by atoms with Crippen molar-refractivity contribution < 1.29 is 14.3 Å². The molecule has 0 saturated carbocycles. The van der Waals surface area contributed by atoms with Gasteiger partial charge in [-0.25, -0.2) is 14.5 Å². The van der Waals surface area contributed by atoms with E-state index in [2.05, 4.69) is 20.7 Å². The van der Waals surface area contributed by atoms with Gasteiger partial charge in [0, 0.05) is 19.4 Å². The molecule has 1 aromatic carbocycles. The van der Waals surface area contributed by atoms with Crippen molar-refractivity contribution in [2.75, 3.05) is 13.2 Å². The van der Waals surface area contributed by atoms with Gasteiger partial charge in [0.25, 0.3) is 0 Å². The molecule has 1 unspecified atom stereocenters. The Labute approximate surface area is 151 Å². The molecule has 8 nitrogen and oxygen atoms in total. The summed E-state index contributed by atoms with van der Waals surface area (Å²) >= 11 is 0. The van der Waals surface area contributed by atoms with E-state index in [4.69, 9.17) is 9.47 Å². The molecule has 0 radical (unpaired) electrons. The van der Waals surface area contributed by atoms with E-state index in [0.717, 1.165) is 48.0 Å². The Morgan fingerprint density at radius 1 is 1.31 bits per heavy atom. The van der Waals surface area contributed by atoms with Gasteiger partial charge >= 0.3 is 6.03 Å². The van der Waals surface area contributed by atoms with Crippen molar-refractivity contribution in [1.29, 1.82) is 0 Å². The summed E-state index contributed by atoms with van der Waals surface area (Å²) in [6.45, 7) is 4.30. The molecule has 2 aromatic rings. The first-order valence-corrected chi connectivity index (χ1v) is 9.00. The molecule has 0 bridgehead atoms. The molecule has 8 heteroatoms. The number of ether oxygens (including phenoxy) is 2. The lowest BCUT2D eigenvalue weighted by Gasteiger charge is -2.23. The average Bonchev–Trinajstić information content (AvgIpc) is 2.84. The van der Waals surface area contributed by atoms with Gasteiger partial charge in [-0.3, -0.25) is 0 Å². The number of aromatic nitrogens is 3. The molecular weight excluding hydrogens is 334 g/mol. The maximum absolute atomic E-state index is 12.2. The van der Waals surface area contributed by atoms with Gasteiger partial charge < -0.3 is 20.1 Å². The second-order valence-electron chi connectivity index (χ2n) is 6.65. The predicted molar refractivity (Wildman–Crippen MR) is 94.3 cm³/mol. The Balaban J connectivity index is 1.30. The van der Waals surface area contributed by atoms with Crippen LogP contribution in [0.15, 0.2) is 18.2 Å². The highest BCUT2D eigenvalue weighted by Gasteiger charge is 2.22. The number of amides is 2. The Morgan fingerprint density at radius 3 is 3.04 bits per heavy atom. The van der Waals surface area contributed by atoms with Crippen molar-refractivity contribution in [3.8, 4) is 11.5 Å². The Hall–Kier alpha value is -2.77. The van der Waals surface area contributed by atoms with E-state index in [9.17, 15) is 4.79 Å². The zero-order chi connectivity index (χ0) is 17.9. The molecule has 0 aliphatic carbocycles. The number of nitrogens with one attached hydrogen (secondary N) is 2. The van der Waals surface area contributed by atoms with Crippen LogP contribution in [0.3, 0.4) is 0 Å². The summed E-state index contributed by atoms with van der Waals surface area (Å²) in [4.78, 5) is 16.6. The third kappa shape index (κ3) is 3.74. The number of fused-ring (bicyclic) bond motifs is 2. The molecule has 2 aliphatic heterocycles. The summed E-state index contributed by atoms with van der Waals surface area (Å²) < 4.78 is 13.2. The maximum atomic E-state index is 12.2. The van der Waals surface area contributed by atoms with E-state index in [1.165, 1.54) is 0 Å². The van der Waals surface area contributed by atoms with Crippen LogP contribution in [0.5, 0.6) is 11.5 Å². The highest BCUT2D eigenvalue weighted by molar-refractivity contribution is 5.74. The van der Waals surface area contributed by atoms with Gasteiger partial charge in [0.2, 0.25) is 0 Å². The van der Waals surface area contributed by atoms with Crippen LogP contribution in [-0.2, 0) is 19.5 Å². The summed E-state index contributed by atoms with van der Waals surface area (Å²) in [5, 5.41) is 10.3. The van der Waals surface area contributed by atoms with Gasteiger partial charge in [0.05, 0.1) is 25.8 Å². The third-order valence-electron chi connectivity index (χ3n) is 4.56. The van der Waals surface area contributed by atoms with E-state index in [0.29, 0.717) is 26.3 Å². The second kappa shape index (κ2) is 7.23. The van der Waals surface area contributed by atoms with Crippen molar-refractivity contribution >= 4 is 6.03 Å². The largest absolute Gasteiger partial charge is 0.490 e. The number of hydrogen-bond donors (Lipinski definition) is 2. The van der Waals surface area contributed by atoms with Gasteiger partial charge in [0.15, 0.2) is 11.5 Å². The average molecular weight is 357 g/mol. The van der Waals surface area contributed by atoms with Crippen molar-refractivity contribution in [1.82, 2.24) is 25.4 Å². The minimum absolute atomic E-state index is 0.0624. The first-order chi connectivity index (χ1) is 12.7. The van der Waals surface area contributed by atoms with Crippen LogP contribution in [0, 0.1) is 6.92 Å². The molecular formula is C18H23N5O3. The summed E-state index contributed by atoms with van der Waals surface area (Å²) in [6.07, 6.45) is 2.57. The lowest BCUT2D eigenvalue weighted by molar-refractivity contribution is 0.231. The highest BCUT2D eigenvalue weighted by atomic mass is 16.5. The molecule has 4 rings (SSSR count). The van der Waals surface area contributed by atoms with E-state index in [-0.39, 0.29) is 12.1 Å². The molecule has 2 amide bonds. The summed E-state index contributed by atoms with van der Waals surface area (Å²) in [6, 6.07) is 5.64. The van der Waals surface area contributed by atoms with Crippen LogP contribution < -0.4 is 20.1 Å². The summed E-state index contributed by atoms with van der Waals surface area (Å²) in [5.74, 6) is 3.27. The number of benzene rings is 1. The van der Waals surface area contributed by atoms with Crippen molar-refractivity contribution in [3.05, 3.63) is 35.4 Å². The van der Waals surface area contributed by atoms with E-state index < -0.39 is 0 Å². The number of carbonyl (C=O) groups is 1. The molecule has 2 aliphatic rings. The minimum atomic E-state index is -0.178. The van der Waals surface area contributed by atoms with Gasteiger partial charge in [0.1, 0.15) is 11.6 Å². The SMILES string of the molecule is Cc1nc2n(n1)CC(NC(=O)NCc1ccc3c(c1)OCCCO3)CC2. The summed E-state index contributed by atoms with van der Waals surface area (Å²) in [7, 11) is 0. The standard InChI is InChI=1S/C18H23N5O3/c1-12-20-17-6-4-14(11-23(17)22-12)21-18(24)19-10-13-3-5-15-16(9-13)26-8-2-7-25-15/h3,5,9,14H,2,4,6-8,10-11H2,1H3,(H2,19,21,24). The van der Waals surface area contributed by atoms with Gasteiger partial charge in [-0.2, -0.15) is 5.10 Å². The molecule has 0 spiro atoms. The quantitative estimate of drug-likeness (QED) is 0.870. The molecule has 3 heterocycles. The fraction of sp³-hybridized carbons (Fsp3) is 0.500. The number of nitrogens with zero attached hydrogens (tertiary/aromatic N) is 3. The van der Waals surface area contributed by atoms with Gasteiger partial charge in [-0.05, 0) is 31.0 Å². The molecule has 1 atom stereocenters. The van der Waals surface area contributed by atoms with Crippen LogP contribution in [0.1, 0.15) is 30.1 Å². The number of hydrogen-bond acceptors (Lipinski definition) is 5. The molecule has 2 N–H and O–H groups in total. The Bertz CT molecular complexity index is 804. The van der Waals surface area contributed by atoms with Gasteiger partial charge in [-0.1, -0.05) is 6.07 Å². The smallest absolute Gasteiger partial charge is 0.315 e. The summed E-state index contributed by atoms with van der Waals surface area (Å²) in [5.41, 5.74) is 0.974. The molecule has 138 valence electrons. The van der Waals surface area contributed by atoms with Crippen LogP contribution in [0.25, 0.3) is 0 Å². The number of carbonyl (C=O) groups excluding carboxylic acids is 1. The zero-order valence-corrected chi connectivity index (χ0v) is 14.8. The van der Waals surface area contributed by atoms with Crippen molar-refractivity contribution in [3.63, 3.8) is 0 Å². The number of rotatable bonds is 3. The van der Waals surface area contributed by atoms with Crippen LogP contribution in [-0.4, -0.2) is 40.1 Å². The topological polar surface area (TPSA) is 90.3 Å². The Kier molecular flexibility index (Phi) is 4.64. The van der Waals surface area contributed by atoms with E-state index in [1.54, 1.807) is 0 Å². The molecule has 0 fully saturated rings. The predicted octanol–water partition coefficient (Wildman–Crippen LogP) is 1.56. The fourth-order valence-electron chi connectivity index (χ4n) is 3.29. The second-order valence-corrected chi connectivity index (χ2v) is 6.65. The normalized spacial score (nSPS) is 18.6. The molecule has 0 saturated heterocycles. The van der Waals surface area contributed by atoms with Crippen LogP contribution in [0.4, 0.5) is 4.79 Å². The van der Waals surface area contributed by atoms with Crippen LogP contribution in [0.2, 0.25) is 0 Å². The monoisotopic (exact) mass is 357 g/mol. The van der Waals surface area contributed by atoms with Crippen molar-refractivity contribution in [2.24, 2.45) is 0 Å². The van der Waals surface area contributed by atoms with Crippen LogP contribution >= 0.6 is 0 Å². The molecule has 26 heavy (non-hydrogen) atoms. The first kappa shape index (κ1) is 16.7. The fourth-order valence-corrected chi connectivity index (χ4v) is 3.29. The number of urea groups is 1. The third-order valence-corrected chi connectivity index (χ3v) is 4.56. The van der Waals surface area contributed by atoms with E-state index in [1.807, 2.05) is 29.8 Å². The molecule has 1 aromatic heterocycles. The van der Waals surface area contributed by atoms with Gasteiger partial charge in [-0.15, -0.1) is 0 Å². The lowest BCUT2D eigenvalue weighted by atomic mass is 10.1. The Morgan fingerprint density at radius 2 is 2.15 bits per heavy atom. The van der Waals surface area contributed by atoms with E-state index >= 15 is 0 Å². The number of aryl methyl sites for hydroxylation is 2. The first-order valence-electron chi connectivity index (χ1n) is 9.00. The minimum Gasteiger partial charge on any atom is -0.490 e. The zero-order valence-electron chi connectivity index (χ0n) is 14.8. The lowest BCUT2D eigenvalue weighted by Crippen LogP contribution is -2.45.